The Hall–Kier alpha value is -3.31. The number of H-pyrrole nitrogens is 1. The van der Waals surface area contributed by atoms with E-state index in [4.69, 9.17) is 34.5 Å². The molecule has 7 N–H and O–H groups in total. The van der Waals surface area contributed by atoms with E-state index in [0.29, 0.717) is 0 Å². The number of fused-ring (bicyclic) bond motifs is 2. The lowest BCUT2D eigenvalue weighted by Gasteiger charge is -2.26. The van der Waals surface area contributed by atoms with E-state index in [0.717, 1.165) is 28.1 Å². The molecule has 0 saturated carbocycles. The molecule has 6 rings (SSSR count). The van der Waals surface area contributed by atoms with E-state index in [1.54, 1.807) is 0 Å². The van der Waals surface area contributed by atoms with Gasteiger partial charge in [0.1, 0.15) is 36.3 Å². The van der Waals surface area contributed by atoms with Crippen LogP contribution in [0, 0.1) is 0 Å². The number of hydrogen-bond acceptors (Lipinski definition) is 16. The van der Waals surface area contributed by atoms with Crippen molar-refractivity contribution in [2.45, 2.75) is 49.0 Å². The number of alkyl halides is 3. The van der Waals surface area contributed by atoms with Crippen molar-refractivity contribution in [2.24, 2.45) is 0 Å². The molecule has 6 heterocycles. The van der Waals surface area contributed by atoms with Crippen molar-refractivity contribution in [3.8, 4) is 0 Å². The number of anilines is 2. The van der Waals surface area contributed by atoms with Crippen molar-refractivity contribution in [2.75, 3.05) is 24.7 Å². The van der Waals surface area contributed by atoms with Crippen LogP contribution in [-0.2, 0) is 32.2 Å². The number of imidazole rings is 2. The predicted molar refractivity (Wildman–Crippen MR) is 149 cm³/mol. The average molecular weight is 713 g/mol. The van der Waals surface area contributed by atoms with Crippen LogP contribution in [0.25, 0.3) is 22.3 Å². The fourth-order valence-corrected chi connectivity index (χ4v) is 6.73. The number of nitrogens with zero attached hydrogens (tertiary/aromatic N) is 7. The summed E-state index contributed by atoms with van der Waals surface area (Å²) in [5.41, 5.74) is 9.98. The van der Waals surface area contributed by atoms with Crippen molar-refractivity contribution >= 4 is 61.4 Å². The third-order valence-corrected chi connectivity index (χ3v) is 8.73. The van der Waals surface area contributed by atoms with E-state index in [1.165, 1.54) is 0 Å². The molecule has 9 atom stereocenters. The number of phosphoric acid groups is 1. The van der Waals surface area contributed by atoms with Gasteiger partial charge in [0.25, 0.3) is 5.56 Å². The van der Waals surface area contributed by atoms with Gasteiger partial charge in [-0.15, -0.1) is 4.52 Å². The van der Waals surface area contributed by atoms with Gasteiger partial charge in [-0.05, 0) is 4.57 Å². The number of nitrogens with two attached hydrogens (primary N) is 2. The first-order chi connectivity index (χ1) is 21.7. The zero-order chi connectivity index (χ0) is 33.1. The van der Waals surface area contributed by atoms with Gasteiger partial charge in [-0.3, -0.25) is 28.0 Å². The number of aliphatic hydroxyl groups is 1. The van der Waals surface area contributed by atoms with Crippen LogP contribution in [0.15, 0.2) is 23.8 Å². The van der Waals surface area contributed by atoms with Crippen molar-refractivity contribution in [1.82, 2.24) is 39.0 Å². The van der Waals surface area contributed by atoms with Crippen molar-refractivity contribution in [3.05, 3.63) is 29.3 Å². The smallest absolute Gasteiger partial charge is 0.393 e. The van der Waals surface area contributed by atoms with Crippen LogP contribution in [0.5, 0.6) is 0 Å². The molecule has 0 aromatic carbocycles. The van der Waals surface area contributed by atoms with Crippen LogP contribution in [0.2, 0.25) is 0 Å². The molecule has 248 valence electrons. The third kappa shape index (κ3) is 5.74. The van der Waals surface area contributed by atoms with E-state index >= 15 is 13.2 Å². The largest absolute Gasteiger partial charge is 0.582 e. The van der Waals surface area contributed by atoms with Gasteiger partial charge in [-0.25, -0.2) is 37.7 Å². The Balaban J connectivity index is 1.25. The fourth-order valence-electron chi connectivity index (χ4n) is 5.01. The molecule has 2 fully saturated rings. The number of aromatic nitrogens is 8. The first-order valence-corrected chi connectivity index (χ1v) is 16.6. The van der Waals surface area contributed by atoms with Crippen molar-refractivity contribution in [1.29, 1.82) is 0 Å². The van der Waals surface area contributed by atoms with E-state index < -0.39 is 88.7 Å². The average Bonchev–Trinajstić information content (AvgIpc) is 3.72. The summed E-state index contributed by atoms with van der Waals surface area (Å²) in [6.07, 6.45) is -10.8. The third-order valence-electron chi connectivity index (χ3n) is 7.05. The Morgan fingerprint density at radius 3 is 2.52 bits per heavy atom. The molecular weight excluding hydrogens is 691 g/mol. The van der Waals surface area contributed by atoms with Crippen molar-refractivity contribution in [3.63, 3.8) is 0 Å². The second-order valence-electron chi connectivity index (χ2n) is 9.84. The summed E-state index contributed by atoms with van der Waals surface area (Å²) in [5, 5.41) is 9.54. The number of aromatic amines is 1. The Morgan fingerprint density at radius 1 is 1.13 bits per heavy atom. The number of nitrogens with one attached hydrogen (secondary N) is 1. The van der Waals surface area contributed by atoms with Gasteiger partial charge in [0, 0.05) is 0 Å². The summed E-state index contributed by atoms with van der Waals surface area (Å²) in [4.78, 5) is 44.3. The van der Waals surface area contributed by atoms with E-state index in [9.17, 15) is 23.9 Å². The van der Waals surface area contributed by atoms with Gasteiger partial charge in [-0.2, -0.15) is 4.98 Å². The lowest BCUT2D eigenvalue weighted by molar-refractivity contribution is -0.123. The topological polar surface area (TPSA) is 280 Å². The van der Waals surface area contributed by atoms with E-state index in [2.05, 4.69) is 42.2 Å². The minimum Gasteiger partial charge on any atom is -0.393 e. The standard InChI is InChI=1S/C20H21F3N10O10P2S/c21-8-11(42-44(36)46)6(40-17(8)32-4-28-9-13(24)26-3-27-14(9)32)2-39-45(37,38)43-12-18(41-7(1-34)20(12,22)23)33-5-29-10-15(33)30-19(25)31-16(10)35/h3-8,11-12,17-18,34H,1-2H2,(H6-,24,25,26,27,30,31,35,36,37,38,46)/p+1/t6-,7-,8+,11-,12+,17-,18-/m1/s1. The first-order valence-electron chi connectivity index (χ1n) is 12.8. The van der Waals surface area contributed by atoms with Crippen LogP contribution in [0.1, 0.15) is 12.5 Å². The zero-order valence-electron chi connectivity index (χ0n) is 22.6. The van der Waals surface area contributed by atoms with Gasteiger partial charge in [-0.1, -0.05) is 0 Å². The highest BCUT2D eigenvalue weighted by atomic mass is 32.7. The number of hydrogen-bond donors (Lipinski definition) is 6. The van der Waals surface area contributed by atoms with Crippen LogP contribution in [0.4, 0.5) is 24.9 Å². The molecule has 0 radical (unpaired) electrons. The number of nitrogen functional groups attached to an aromatic ring is 2. The molecule has 0 aliphatic carbocycles. The minimum atomic E-state index is -5.53. The van der Waals surface area contributed by atoms with Gasteiger partial charge in [0.05, 0.1) is 25.9 Å². The van der Waals surface area contributed by atoms with Gasteiger partial charge < -0.3 is 30.9 Å². The SMILES string of the molecule is Nc1nc2c(ncn2[C@@H]2O[C@H](CO)C(F)(F)[C@H]2OP(=O)(O)OC[C@H]2O[C@@H](n3cnc4c(N)ncnc43)[C@@H](F)[C@@H]2O[P+](=O)S)c(=O)[nH]1. The normalized spacial score (nSPS) is 29.4. The highest BCUT2D eigenvalue weighted by Gasteiger charge is 2.63. The molecule has 0 amide bonds. The summed E-state index contributed by atoms with van der Waals surface area (Å²) in [6.45, 7) is -2.27. The molecule has 2 aliphatic heterocycles. The highest BCUT2D eigenvalue weighted by molar-refractivity contribution is 8.39. The lowest BCUT2D eigenvalue weighted by Crippen LogP contribution is -2.42. The minimum absolute atomic E-state index is 0.0224. The Bertz CT molecular complexity index is 1920. The Morgan fingerprint density at radius 2 is 1.83 bits per heavy atom. The monoisotopic (exact) mass is 713 g/mol. The quantitative estimate of drug-likeness (QED) is 0.0955. The lowest BCUT2D eigenvalue weighted by atomic mass is 10.1. The first kappa shape index (κ1) is 32.6. The number of halogens is 3. The van der Waals surface area contributed by atoms with Crippen LogP contribution in [-0.4, -0.2) is 98.8 Å². The fraction of sp³-hybridized carbons (Fsp3) is 0.500. The molecule has 0 spiro atoms. The summed E-state index contributed by atoms with van der Waals surface area (Å²) in [5.74, 6) is -4.56. The number of phosphoric ester groups is 1. The summed E-state index contributed by atoms with van der Waals surface area (Å²) in [7, 11) is -8.28. The highest BCUT2D eigenvalue weighted by Crippen LogP contribution is 2.54. The second-order valence-corrected chi connectivity index (χ2v) is 12.9. The van der Waals surface area contributed by atoms with Crippen LogP contribution >= 0.6 is 27.3 Å². The molecule has 26 heteroatoms. The molecule has 46 heavy (non-hydrogen) atoms. The predicted octanol–water partition coefficient (Wildman–Crippen LogP) is 0.359. The van der Waals surface area contributed by atoms with E-state index in [1.807, 2.05) is 0 Å². The van der Waals surface area contributed by atoms with Gasteiger partial charge >= 0.3 is 21.0 Å². The van der Waals surface area contributed by atoms with Gasteiger partial charge in [0.2, 0.25) is 5.95 Å². The number of aliphatic hydroxyl groups excluding tert-OH is 1. The molecule has 4 aromatic heterocycles. The molecule has 20 nitrogen and oxygen atoms in total. The zero-order valence-corrected chi connectivity index (χ0v) is 25.3. The molecule has 2 saturated heterocycles. The van der Waals surface area contributed by atoms with Crippen molar-refractivity contribution < 1.29 is 55.3 Å². The summed E-state index contributed by atoms with van der Waals surface area (Å²) in [6, 6.07) is 0. The molecule has 2 aliphatic rings. The number of rotatable bonds is 10. The summed E-state index contributed by atoms with van der Waals surface area (Å²) < 4.78 is 98.8. The van der Waals surface area contributed by atoms with Crippen LogP contribution < -0.4 is 17.0 Å². The number of ether oxygens (including phenoxy) is 2. The summed E-state index contributed by atoms with van der Waals surface area (Å²) >= 11 is 3.63. The maximum Gasteiger partial charge on any atom is 0.582 e. The molecule has 0 bridgehead atoms. The Labute approximate surface area is 258 Å². The van der Waals surface area contributed by atoms with E-state index in [-0.39, 0.29) is 28.1 Å². The van der Waals surface area contributed by atoms with Crippen LogP contribution in [0.3, 0.4) is 0 Å². The molecule has 2 unspecified atom stereocenters. The molecule has 4 aromatic rings. The number of thiol groups is 1. The maximum atomic E-state index is 15.6. The second kappa shape index (κ2) is 12.0. The molecular formula is C20H22F3N10O10P2S+. The Kier molecular flexibility index (Phi) is 8.54. The maximum absolute atomic E-state index is 15.6. The van der Waals surface area contributed by atoms with Gasteiger partial charge in [0.15, 0.2) is 53.5 Å².